The maximum atomic E-state index is 12.7. The van der Waals surface area contributed by atoms with Gasteiger partial charge in [-0.25, -0.2) is 0 Å². The number of hydrogen-bond donors (Lipinski definition) is 1. The Balaban J connectivity index is 2.29. The molecule has 1 aromatic rings. The Kier molecular flexibility index (Phi) is 4.63. The van der Waals surface area contributed by atoms with E-state index in [2.05, 4.69) is 16.3 Å². The molecule has 0 saturated heterocycles. The fraction of sp³-hybridized carbons (Fsp3) is 0.667. The van der Waals surface area contributed by atoms with Crippen molar-refractivity contribution >= 4 is 5.91 Å². The van der Waals surface area contributed by atoms with Gasteiger partial charge in [-0.2, -0.15) is 10.4 Å². The SMILES string of the molecule is CC(C)N(CCC#N)C(=O)c1n[nH]c2c1C[C@H](C)O[C@@H]2C. The van der Waals surface area contributed by atoms with E-state index in [1.54, 1.807) is 4.90 Å². The molecule has 1 aromatic heterocycles. The van der Waals surface area contributed by atoms with Crippen LogP contribution in [0.5, 0.6) is 0 Å². The van der Waals surface area contributed by atoms with Crippen LogP contribution in [0.15, 0.2) is 0 Å². The number of amides is 1. The number of ether oxygens (including phenoxy) is 1. The van der Waals surface area contributed by atoms with Crippen LogP contribution in [-0.4, -0.2) is 39.7 Å². The van der Waals surface area contributed by atoms with Crippen molar-refractivity contribution in [2.24, 2.45) is 0 Å². The number of carbonyl (C=O) groups is 1. The minimum Gasteiger partial charge on any atom is -0.369 e. The van der Waals surface area contributed by atoms with E-state index in [-0.39, 0.29) is 24.2 Å². The van der Waals surface area contributed by atoms with Crippen molar-refractivity contribution in [2.75, 3.05) is 6.54 Å². The van der Waals surface area contributed by atoms with Crippen LogP contribution in [0.2, 0.25) is 0 Å². The molecule has 114 valence electrons. The Morgan fingerprint density at radius 3 is 2.90 bits per heavy atom. The summed E-state index contributed by atoms with van der Waals surface area (Å²) in [4.78, 5) is 14.4. The summed E-state index contributed by atoms with van der Waals surface area (Å²) in [6.45, 7) is 8.27. The molecule has 6 heteroatoms. The molecule has 1 amide bonds. The molecule has 0 saturated carbocycles. The van der Waals surface area contributed by atoms with Gasteiger partial charge in [0.1, 0.15) is 0 Å². The third-order valence-electron chi connectivity index (χ3n) is 3.78. The first kappa shape index (κ1) is 15.5. The number of nitriles is 1. The minimum atomic E-state index is -0.112. The van der Waals surface area contributed by atoms with Crippen LogP contribution >= 0.6 is 0 Å². The number of carbonyl (C=O) groups excluding carboxylic acids is 1. The molecule has 1 aliphatic rings. The molecule has 0 unspecified atom stereocenters. The van der Waals surface area contributed by atoms with Crippen LogP contribution in [-0.2, 0) is 11.2 Å². The predicted octanol–water partition coefficient (Wildman–Crippen LogP) is 2.20. The van der Waals surface area contributed by atoms with Gasteiger partial charge in [-0.3, -0.25) is 9.89 Å². The number of nitrogens with zero attached hydrogens (tertiary/aromatic N) is 3. The highest BCUT2D eigenvalue weighted by molar-refractivity contribution is 5.94. The highest BCUT2D eigenvalue weighted by Crippen LogP contribution is 2.30. The van der Waals surface area contributed by atoms with Crippen molar-refractivity contribution in [2.45, 2.75) is 58.8 Å². The lowest BCUT2D eigenvalue weighted by molar-refractivity contribution is -0.00702. The molecule has 2 rings (SSSR count). The van der Waals surface area contributed by atoms with Gasteiger partial charge in [-0.05, 0) is 27.7 Å². The van der Waals surface area contributed by atoms with E-state index in [4.69, 9.17) is 10.00 Å². The minimum absolute atomic E-state index is 0.0351. The zero-order valence-electron chi connectivity index (χ0n) is 13.0. The van der Waals surface area contributed by atoms with Gasteiger partial charge in [0.2, 0.25) is 0 Å². The maximum Gasteiger partial charge on any atom is 0.274 e. The number of aromatic amines is 1. The maximum absolute atomic E-state index is 12.7. The Hall–Kier alpha value is -1.87. The quantitative estimate of drug-likeness (QED) is 0.921. The van der Waals surface area contributed by atoms with E-state index in [0.717, 1.165) is 11.3 Å². The molecule has 2 atom stereocenters. The van der Waals surface area contributed by atoms with E-state index in [1.165, 1.54) is 0 Å². The van der Waals surface area contributed by atoms with Crippen LogP contribution in [0.3, 0.4) is 0 Å². The van der Waals surface area contributed by atoms with Crippen LogP contribution < -0.4 is 0 Å². The van der Waals surface area contributed by atoms with E-state index < -0.39 is 0 Å². The first-order valence-electron chi connectivity index (χ1n) is 7.36. The van der Waals surface area contributed by atoms with Gasteiger partial charge in [0.25, 0.3) is 5.91 Å². The summed E-state index contributed by atoms with van der Waals surface area (Å²) < 4.78 is 5.74. The zero-order valence-corrected chi connectivity index (χ0v) is 13.0. The van der Waals surface area contributed by atoms with Gasteiger partial charge < -0.3 is 9.64 Å². The monoisotopic (exact) mass is 290 g/mol. The second-order valence-electron chi connectivity index (χ2n) is 5.76. The molecule has 1 aliphatic heterocycles. The fourth-order valence-corrected chi connectivity index (χ4v) is 2.75. The number of nitrogens with one attached hydrogen (secondary N) is 1. The molecular formula is C15H22N4O2. The van der Waals surface area contributed by atoms with E-state index in [9.17, 15) is 4.79 Å². The van der Waals surface area contributed by atoms with Crippen molar-refractivity contribution in [3.05, 3.63) is 17.0 Å². The Bertz CT molecular complexity index is 559. The van der Waals surface area contributed by atoms with Crippen LogP contribution in [0.25, 0.3) is 0 Å². The second kappa shape index (κ2) is 6.27. The van der Waals surface area contributed by atoms with Crippen molar-refractivity contribution in [1.29, 1.82) is 5.26 Å². The van der Waals surface area contributed by atoms with Gasteiger partial charge in [0.05, 0.1) is 30.4 Å². The van der Waals surface area contributed by atoms with Crippen LogP contribution in [0.4, 0.5) is 0 Å². The fourth-order valence-electron chi connectivity index (χ4n) is 2.75. The highest BCUT2D eigenvalue weighted by atomic mass is 16.5. The predicted molar refractivity (Wildman–Crippen MR) is 77.7 cm³/mol. The molecule has 2 heterocycles. The number of hydrogen-bond acceptors (Lipinski definition) is 4. The number of rotatable bonds is 4. The highest BCUT2D eigenvalue weighted by Gasteiger charge is 2.31. The second-order valence-corrected chi connectivity index (χ2v) is 5.76. The van der Waals surface area contributed by atoms with Crippen LogP contribution in [0, 0.1) is 11.3 Å². The number of aromatic nitrogens is 2. The van der Waals surface area contributed by atoms with Crippen molar-refractivity contribution in [1.82, 2.24) is 15.1 Å². The first-order chi connectivity index (χ1) is 9.95. The third-order valence-corrected chi connectivity index (χ3v) is 3.78. The van der Waals surface area contributed by atoms with Gasteiger partial charge in [-0.15, -0.1) is 0 Å². The summed E-state index contributed by atoms with van der Waals surface area (Å²) in [7, 11) is 0. The van der Waals surface area contributed by atoms with Crippen molar-refractivity contribution in [3.63, 3.8) is 0 Å². The van der Waals surface area contributed by atoms with E-state index in [0.29, 0.717) is 25.1 Å². The Labute approximate surface area is 125 Å². The summed E-state index contributed by atoms with van der Waals surface area (Å²) in [6, 6.07) is 2.12. The lowest BCUT2D eigenvalue weighted by atomic mass is 9.99. The molecule has 0 fully saturated rings. The lowest BCUT2D eigenvalue weighted by Gasteiger charge is -2.28. The van der Waals surface area contributed by atoms with Gasteiger partial charge in [0.15, 0.2) is 5.69 Å². The average Bonchev–Trinajstić information content (AvgIpc) is 2.82. The zero-order chi connectivity index (χ0) is 15.6. The third kappa shape index (κ3) is 3.08. The molecule has 0 bridgehead atoms. The largest absolute Gasteiger partial charge is 0.369 e. The summed E-state index contributed by atoms with van der Waals surface area (Å²) in [5, 5.41) is 15.9. The van der Waals surface area contributed by atoms with Gasteiger partial charge in [0, 0.05) is 24.6 Å². The molecule has 1 N–H and O–H groups in total. The summed E-state index contributed by atoms with van der Waals surface area (Å²) in [6.07, 6.45) is 1.00. The van der Waals surface area contributed by atoms with Gasteiger partial charge in [-0.1, -0.05) is 0 Å². The normalized spacial score (nSPS) is 21.0. The van der Waals surface area contributed by atoms with Crippen molar-refractivity contribution in [3.8, 4) is 6.07 Å². The molecule has 0 aromatic carbocycles. The van der Waals surface area contributed by atoms with E-state index >= 15 is 0 Å². The first-order valence-corrected chi connectivity index (χ1v) is 7.36. The number of fused-ring (bicyclic) bond motifs is 1. The molecular weight excluding hydrogens is 268 g/mol. The molecule has 21 heavy (non-hydrogen) atoms. The summed E-state index contributed by atoms with van der Waals surface area (Å²) in [5.74, 6) is -0.112. The molecule has 0 spiro atoms. The Morgan fingerprint density at radius 1 is 1.57 bits per heavy atom. The molecule has 0 aliphatic carbocycles. The van der Waals surface area contributed by atoms with Crippen molar-refractivity contribution < 1.29 is 9.53 Å². The summed E-state index contributed by atoms with van der Waals surface area (Å²) >= 11 is 0. The van der Waals surface area contributed by atoms with E-state index in [1.807, 2.05) is 27.7 Å². The Morgan fingerprint density at radius 2 is 2.29 bits per heavy atom. The number of H-pyrrole nitrogens is 1. The summed E-state index contributed by atoms with van der Waals surface area (Å²) in [5.41, 5.74) is 2.31. The topological polar surface area (TPSA) is 82.0 Å². The molecule has 0 radical (unpaired) electrons. The van der Waals surface area contributed by atoms with Crippen LogP contribution in [0.1, 0.15) is 62.0 Å². The smallest absolute Gasteiger partial charge is 0.274 e. The standard InChI is InChI=1S/C15H22N4O2/c1-9(2)19(7-5-6-16)15(20)14-12-8-10(3)21-11(4)13(12)17-18-14/h9-11H,5,7-8H2,1-4H3,(H,17,18)/t10-,11+/m0/s1. The average molecular weight is 290 g/mol. The van der Waals surface area contributed by atoms with Gasteiger partial charge >= 0.3 is 0 Å². The lowest BCUT2D eigenvalue weighted by Crippen LogP contribution is -2.38. The molecule has 6 nitrogen and oxygen atoms in total.